The van der Waals surface area contributed by atoms with Crippen molar-refractivity contribution in [3.05, 3.63) is 59.9 Å². The standard InChI is InChI=1S/C21H22FNO6/c1-4-27-19(25)14-5-9-16(10-6-14)23-18(24)13-28-20(26)21(2,3)29-17-11-7-15(22)8-12-17/h5-12H,4,13H2,1-3H3,(H,23,24). The number of carbonyl (C=O) groups is 3. The molecular formula is C21H22FNO6. The molecule has 29 heavy (non-hydrogen) atoms. The van der Waals surface area contributed by atoms with E-state index in [9.17, 15) is 18.8 Å². The Morgan fingerprint density at radius 1 is 0.966 bits per heavy atom. The molecule has 7 nitrogen and oxygen atoms in total. The van der Waals surface area contributed by atoms with Gasteiger partial charge >= 0.3 is 11.9 Å². The molecule has 2 rings (SSSR count). The summed E-state index contributed by atoms with van der Waals surface area (Å²) < 4.78 is 28.3. The Morgan fingerprint density at radius 2 is 1.59 bits per heavy atom. The van der Waals surface area contributed by atoms with Crippen molar-refractivity contribution in [2.45, 2.75) is 26.4 Å². The third-order valence-corrected chi connectivity index (χ3v) is 3.69. The van der Waals surface area contributed by atoms with Gasteiger partial charge in [0, 0.05) is 5.69 Å². The number of amides is 1. The van der Waals surface area contributed by atoms with Crippen LogP contribution in [0.1, 0.15) is 31.1 Å². The van der Waals surface area contributed by atoms with Crippen LogP contribution in [0.4, 0.5) is 10.1 Å². The first-order valence-corrected chi connectivity index (χ1v) is 8.90. The van der Waals surface area contributed by atoms with E-state index in [1.165, 1.54) is 62.4 Å². The summed E-state index contributed by atoms with van der Waals surface area (Å²) >= 11 is 0. The van der Waals surface area contributed by atoms with Crippen LogP contribution in [-0.2, 0) is 19.1 Å². The van der Waals surface area contributed by atoms with Gasteiger partial charge in [0.15, 0.2) is 12.2 Å². The van der Waals surface area contributed by atoms with Gasteiger partial charge in [-0.1, -0.05) is 0 Å². The highest BCUT2D eigenvalue weighted by atomic mass is 19.1. The van der Waals surface area contributed by atoms with E-state index in [0.717, 1.165) is 0 Å². The van der Waals surface area contributed by atoms with Crippen LogP contribution >= 0.6 is 0 Å². The van der Waals surface area contributed by atoms with Crippen molar-refractivity contribution in [2.75, 3.05) is 18.5 Å². The number of halogens is 1. The highest BCUT2D eigenvalue weighted by Crippen LogP contribution is 2.20. The minimum Gasteiger partial charge on any atom is -0.476 e. The fourth-order valence-electron chi connectivity index (χ4n) is 2.24. The van der Waals surface area contributed by atoms with Crippen LogP contribution in [-0.4, -0.2) is 36.7 Å². The lowest BCUT2D eigenvalue weighted by molar-refractivity contribution is -0.161. The largest absolute Gasteiger partial charge is 0.476 e. The Labute approximate surface area is 167 Å². The number of benzene rings is 2. The molecule has 0 heterocycles. The molecule has 0 aliphatic heterocycles. The highest BCUT2D eigenvalue weighted by molar-refractivity contribution is 5.94. The minimum absolute atomic E-state index is 0.268. The zero-order valence-electron chi connectivity index (χ0n) is 16.4. The van der Waals surface area contributed by atoms with Crippen LogP contribution < -0.4 is 10.1 Å². The molecule has 0 aliphatic carbocycles. The molecule has 0 aliphatic rings. The summed E-state index contributed by atoms with van der Waals surface area (Å²) in [6.45, 7) is 4.41. The molecule has 2 aromatic rings. The second-order valence-electron chi connectivity index (χ2n) is 6.49. The number of esters is 2. The predicted octanol–water partition coefficient (Wildman–Crippen LogP) is 3.34. The van der Waals surface area contributed by atoms with Crippen LogP contribution in [0.25, 0.3) is 0 Å². The maximum atomic E-state index is 12.9. The van der Waals surface area contributed by atoms with E-state index in [-0.39, 0.29) is 6.61 Å². The summed E-state index contributed by atoms with van der Waals surface area (Å²) in [5.41, 5.74) is -0.587. The van der Waals surface area contributed by atoms with Gasteiger partial charge in [-0.2, -0.15) is 0 Å². The zero-order valence-corrected chi connectivity index (χ0v) is 16.4. The summed E-state index contributed by atoms with van der Waals surface area (Å²) in [6, 6.07) is 11.3. The van der Waals surface area contributed by atoms with Crippen molar-refractivity contribution in [3.63, 3.8) is 0 Å². The summed E-state index contributed by atoms with van der Waals surface area (Å²) in [4.78, 5) is 35.8. The number of rotatable bonds is 8. The Balaban J connectivity index is 1.85. The molecule has 0 saturated carbocycles. The first-order valence-electron chi connectivity index (χ1n) is 8.90. The third kappa shape index (κ3) is 6.60. The molecule has 0 atom stereocenters. The predicted molar refractivity (Wildman–Crippen MR) is 103 cm³/mol. The van der Waals surface area contributed by atoms with Crippen molar-refractivity contribution >= 4 is 23.5 Å². The average Bonchev–Trinajstić information content (AvgIpc) is 2.68. The number of nitrogens with one attached hydrogen (secondary N) is 1. The molecule has 0 fully saturated rings. The molecule has 8 heteroatoms. The first kappa shape index (κ1) is 21.9. The van der Waals surface area contributed by atoms with E-state index in [1.807, 2.05) is 0 Å². The number of anilines is 1. The van der Waals surface area contributed by atoms with Gasteiger partial charge in [-0.05, 0) is 69.3 Å². The van der Waals surface area contributed by atoms with Crippen molar-refractivity contribution in [1.29, 1.82) is 0 Å². The van der Waals surface area contributed by atoms with Crippen LogP contribution in [0.15, 0.2) is 48.5 Å². The van der Waals surface area contributed by atoms with Crippen LogP contribution in [0.2, 0.25) is 0 Å². The normalized spacial score (nSPS) is 10.8. The van der Waals surface area contributed by atoms with Gasteiger partial charge in [0.05, 0.1) is 12.2 Å². The summed E-state index contributed by atoms with van der Waals surface area (Å²) in [7, 11) is 0. The van der Waals surface area contributed by atoms with Crippen molar-refractivity contribution in [2.24, 2.45) is 0 Å². The highest BCUT2D eigenvalue weighted by Gasteiger charge is 2.32. The van der Waals surface area contributed by atoms with Crippen LogP contribution in [0.3, 0.4) is 0 Å². The minimum atomic E-state index is -1.38. The van der Waals surface area contributed by atoms with Crippen molar-refractivity contribution in [1.82, 2.24) is 0 Å². The Kier molecular flexibility index (Phi) is 7.30. The molecule has 0 saturated heterocycles. The Bertz CT molecular complexity index is 862. The van der Waals surface area contributed by atoms with Gasteiger partial charge < -0.3 is 19.5 Å². The molecule has 0 bridgehead atoms. The van der Waals surface area contributed by atoms with E-state index in [4.69, 9.17) is 14.2 Å². The van der Waals surface area contributed by atoms with Crippen LogP contribution in [0.5, 0.6) is 5.75 Å². The topological polar surface area (TPSA) is 90.9 Å². The fourth-order valence-corrected chi connectivity index (χ4v) is 2.24. The van der Waals surface area contributed by atoms with Crippen molar-refractivity contribution in [3.8, 4) is 5.75 Å². The quantitative estimate of drug-likeness (QED) is 0.680. The lowest BCUT2D eigenvalue weighted by Crippen LogP contribution is -2.41. The SMILES string of the molecule is CCOC(=O)c1ccc(NC(=O)COC(=O)C(C)(C)Oc2ccc(F)cc2)cc1. The van der Waals surface area contributed by atoms with Gasteiger partial charge in [0.25, 0.3) is 5.91 Å². The van der Waals surface area contributed by atoms with E-state index >= 15 is 0 Å². The second-order valence-corrected chi connectivity index (χ2v) is 6.49. The second kappa shape index (κ2) is 9.68. The van der Waals surface area contributed by atoms with Crippen molar-refractivity contribution < 1.29 is 33.0 Å². The number of hydrogen-bond acceptors (Lipinski definition) is 6. The number of hydrogen-bond donors (Lipinski definition) is 1. The van der Waals surface area contributed by atoms with E-state index in [0.29, 0.717) is 17.0 Å². The summed E-state index contributed by atoms with van der Waals surface area (Å²) in [6.07, 6.45) is 0. The molecule has 0 spiro atoms. The van der Waals surface area contributed by atoms with Gasteiger partial charge in [0.2, 0.25) is 0 Å². The lowest BCUT2D eigenvalue weighted by Gasteiger charge is -2.24. The molecular weight excluding hydrogens is 381 g/mol. The lowest BCUT2D eigenvalue weighted by atomic mass is 10.1. The third-order valence-electron chi connectivity index (χ3n) is 3.69. The molecule has 1 N–H and O–H groups in total. The number of ether oxygens (including phenoxy) is 3. The van der Waals surface area contributed by atoms with E-state index in [1.54, 1.807) is 6.92 Å². The zero-order chi connectivity index (χ0) is 21.4. The molecule has 154 valence electrons. The maximum absolute atomic E-state index is 12.9. The molecule has 0 unspecified atom stereocenters. The van der Waals surface area contributed by atoms with Gasteiger partial charge in [-0.3, -0.25) is 4.79 Å². The number of carbonyl (C=O) groups excluding carboxylic acids is 3. The van der Waals surface area contributed by atoms with Gasteiger partial charge in [-0.25, -0.2) is 14.0 Å². The fraction of sp³-hybridized carbons (Fsp3) is 0.286. The van der Waals surface area contributed by atoms with Crippen LogP contribution in [0, 0.1) is 5.82 Å². The van der Waals surface area contributed by atoms with E-state index in [2.05, 4.69) is 5.32 Å². The summed E-state index contributed by atoms with van der Waals surface area (Å²) in [5.74, 6) is -1.90. The van der Waals surface area contributed by atoms with E-state index < -0.39 is 35.9 Å². The Morgan fingerprint density at radius 3 is 2.17 bits per heavy atom. The Hall–Kier alpha value is -3.42. The first-order chi connectivity index (χ1) is 13.7. The molecule has 0 radical (unpaired) electrons. The molecule has 2 aromatic carbocycles. The monoisotopic (exact) mass is 403 g/mol. The van der Waals surface area contributed by atoms with Gasteiger partial charge in [0.1, 0.15) is 11.6 Å². The average molecular weight is 403 g/mol. The smallest absolute Gasteiger partial charge is 0.350 e. The maximum Gasteiger partial charge on any atom is 0.350 e. The summed E-state index contributed by atoms with van der Waals surface area (Å²) in [5, 5.41) is 2.55. The molecule has 0 aromatic heterocycles. The van der Waals surface area contributed by atoms with Gasteiger partial charge in [-0.15, -0.1) is 0 Å². The molecule has 1 amide bonds.